The minimum absolute atomic E-state index is 0.0278. The van der Waals surface area contributed by atoms with E-state index in [-0.39, 0.29) is 17.7 Å². The van der Waals surface area contributed by atoms with Crippen molar-refractivity contribution in [2.75, 3.05) is 31.5 Å². The first-order valence-corrected chi connectivity index (χ1v) is 10.3. The van der Waals surface area contributed by atoms with E-state index in [9.17, 15) is 9.59 Å². The van der Waals surface area contributed by atoms with Gasteiger partial charge in [0, 0.05) is 31.6 Å². The molecule has 2 fully saturated rings. The molecule has 3 heterocycles. The third kappa shape index (κ3) is 5.66. The standard InChI is InChI=1S/C20H29ClN4O2/c1-14(15-4-8-22-9-5-15)12-19(26)25-10-6-16(7-11-25)20(27)24-18-3-2-17(21)13-23-18/h2-3,13-16,22H,4-12H2,1H3,(H,23,24,27). The predicted octanol–water partition coefficient (Wildman–Crippen LogP) is 2.94. The van der Waals surface area contributed by atoms with Crippen molar-refractivity contribution in [3.63, 3.8) is 0 Å². The van der Waals surface area contributed by atoms with Gasteiger partial charge in [-0.25, -0.2) is 4.98 Å². The maximum atomic E-state index is 12.6. The quantitative estimate of drug-likeness (QED) is 0.807. The molecule has 1 unspecified atom stereocenters. The monoisotopic (exact) mass is 392 g/mol. The fourth-order valence-corrected chi connectivity index (χ4v) is 4.17. The predicted molar refractivity (Wildman–Crippen MR) is 107 cm³/mol. The summed E-state index contributed by atoms with van der Waals surface area (Å²) in [5.74, 6) is 1.72. The van der Waals surface area contributed by atoms with Crippen molar-refractivity contribution in [2.45, 2.75) is 39.0 Å². The van der Waals surface area contributed by atoms with Crippen LogP contribution in [0.1, 0.15) is 39.0 Å². The zero-order valence-electron chi connectivity index (χ0n) is 15.9. The van der Waals surface area contributed by atoms with E-state index in [0.29, 0.717) is 55.0 Å². The fourth-order valence-electron chi connectivity index (χ4n) is 4.05. The van der Waals surface area contributed by atoms with Gasteiger partial charge >= 0.3 is 0 Å². The molecule has 148 valence electrons. The average Bonchev–Trinajstić information content (AvgIpc) is 2.70. The molecule has 0 aromatic carbocycles. The highest BCUT2D eigenvalue weighted by molar-refractivity contribution is 6.30. The summed E-state index contributed by atoms with van der Waals surface area (Å²) in [5.41, 5.74) is 0. The Morgan fingerprint density at radius 3 is 2.59 bits per heavy atom. The van der Waals surface area contributed by atoms with Gasteiger partial charge in [-0.2, -0.15) is 0 Å². The highest BCUT2D eigenvalue weighted by atomic mass is 35.5. The fraction of sp³-hybridized carbons (Fsp3) is 0.650. The lowest BCUT2D eigenvalue weighted by atomic mass is 9.83. The molecule has 27 heavy (non-hydrogen) atoms. The lowest BCUT2D eigenvalue weighted by molar-refractivity contribution is -0.135. The van der Waals surface area contributed by atoms with E-state index in [0.717, 1.165) is 25.9 Å². The first-order valence-electron chi connectivity index (χ1n) is 9.94. The number of hydrogen-bond donors (Lipinski definition) is 2. The number of carbonyl (C=O) groups excluding carboxylic acids is 2. The molecular weight excluding hydrogens is 364 g/mol. The molecule has 1 aromatic heterocycles. The highest BCUT2D eigenvalue weighted by Gasteiger charge is 2.29. The van der Waals surface area contributed by atoms with E-state index in [4.69, 9.17) is 11.6 Å². The summed E-state index contributed by atoms with van der Waals surface area (Å²) < 4.78 is 0. The largest absolute Gasteiger partial charge is 0.343 e. The van der Waals surface area contributed by atoms with Crippen LogP contribution in [0.3, 0.4) is 0 Å². The lowest BCUT2D eigenvalue weighted by Gasteiger charge is -2.33. The molecule has 0 aliphatic carbocycles. The number of pyridine rings is 1. The Morgan fingerprint density at radius 2 is 1.96 bits per heavy atom. The van der Waals surface area contributed by atoms with Gasteiger partial charge in [0.25, 0.3) is 0 Å². The first kappa shape index (κ1) is 20.1. The van der Waals surface area contributed by atoms with Crippen LogP contribution in [-0.4, -0.2) is 47.9 Å². The number of hydrogen-bond acceptors (Lipinski definition) is 4. The molecule has 2 amide bonds. The van der Waals surface area contributed by atoms with E-state index in [1.165, 1.54) is 6.20 Å². The van der Waals surface area contributed by atoms with Crippen LogP contribution in [0.15, 0.2) is 18.3 Å². The molecule has 2 aliphatic rings. The van der Waals surface area contributed by atoms with Crippen molar-refractivity contribution in [1.29, 1.82) is 0 Å². The van der Waals surface area contributed by atoms with Crippen LogP contribution in [0.5, 0.6) is 0 Å². The van der Waals surface area contributed by atoms with Crippen LogP contribution >= 0.6 is 11.6 Å². The number of piperidine rings is 2. The summed E-state index contributed by atoms with van der Waals surface area (Å²) >= 11 is 5.81. The van der Waals surface area contributed by atoms with E-state index < -0.39 is 0 Å². The van der Waals surface area contributed by atoms with Gasteiger partial charge in [-0.1, -0.05) is 18.5 Å². The molecular formula is C20H29ClN4O2. The van der Waals surface area contributed by atoms with Gasteiger partial charge < -0.3 is 15.5 Å². The Labute approximate surface area is 166 Å². The first-order chi connectivity index (χ1) is 13.0. The Morgan fingerprint density at radius 1 is 1.26 bits per heavy atom. The van der Waals surface area contributed by atoms with Crippen molar-refractivity contribution in [3.05, 3.63) is 23.4 Å². The molecule has 0 bridgehead atoms. The van der Waals surface area contributed by atoms with E-state index >= 15 is 0 Å². The van der Waals surface area contributed by atoms with Crippen molar-refractivity contribution >= 4 is 29.2 Å². The Balaban J connectivity index is 1.42. The molecule has 1 atom stereocenters. The van der Waals surface area contributed by atoms with Gasteiger partial charge in [-0.3, -0.25) is 9.59 Å². The van der Waals surface area contributed by atoms with Gasteiger partial charge in [0.2, 0.25) is 11.8 Å². The Kier molecular flexibility index (Phi) is 7.07. The second-order valence-corrected chi connectivity index (χ2v) is 8.21. The number of aromatic nitrogens is 1. The summed E-state index contributed by atoms with van der Waals surface area (Å²) in [6.07, 6.45) is 5.86. The smallest absolute Gasteiger partial charge is 0.228 e. The van der Waals surface area contributed by atoms with Crippen molar-refractivity contribution < 1.29 is 9.59 Å². The maximum absolute atomic E-state index is 12.6. The molecule has 7 heteroatoms. The van der Waals surface area contributed by atoms with Crippen molar-refractivity contribution in [1.82, 2.24) is 15.2 Å². The second kappa shape index (κ2) is 9.51. The summed E-state index contributed by atoms with van der Waals surface area (Å²) in [4.78, 5) is 31.1. The van der Waals surface area contributed by atoms with Gasteiger partial charge in [0.05, 0.1) is 5.02 Å². The van der Waals surface area contributed by atoms with Gasteiger partial charge in [0.1, 0.15) is 5.82 Å². The molecule has 3 rings (SSSR count). The van der Waals surface area contributed by atoms with Crippen LogP contribution in [-0.2, 0) is 9.59 Å². The summed E-state index contributed by atoms with van der Waals surface area (Å²) in [5, 5.41) is 6.76. The zero-order valence-corrected chi connectivity index (χ0v) is 16.7. The molecule has 2 aliphatic heterocycles. The highest BCUT2D eigenvalue weighted by Crippen LogP contribution is 2.26. The summed E-state index contributed by atoms with van der Waals surface area (Å²) in [7, 11) is 0. The lowest BCUT2D eigenvalue weighted by Crippen LogP contribution is -2.42. The Bertz CT molecular complexity index is 638. The number of rotatable bonds is 5. The number of nitrogens with one attached hydrogen (secondary N) is 2. The average molecular weight is 393 g/mol. The van der Waals surface area contributed by atoms with Crippen molar-refractivity contribution in [2.24, 2.45) is 17.8 Å². The molecule has 0 radical (unpaired) electrons. The maximum Gasteiger partial charge on any atom is 0.228 e. The normalized spacial score (nSPS) is 20.3. The van der Waals surface area contributed by atoms with Crippen LogP contribution < -0.4 is 10.6 Å². The van der Waals surface area contributed by atoms with Gasteiger partial charge in [-0.05, 0) is 62.7 Å². The minimum Gasteiger partial charge on any atom is -0.343 e. The minimum atomic E-state index is -0.0756. The number of halogens is 1. The SMILES string of the molecule is CC(CC(=O)N1CCC(C(=O)Nc2ccc(Cl)cn2)CC1)C1CCNCC1. The summed E-state index contributed by atoms with van der Waals surface area (Å²) in [6, 6.07) is 3.40. The third-order valence-electron chi connectivity index (χ3n) is 5.88. The summed E-state index contributed by atoms with van der Waals surface area (Å²) in [6.45, 7) is 5.64. The molecule has 0 spiro atoms. The zero-order chi connectivity index (χ0) is 19.2. The molecule has 1 aromatic rings. The number of anilines is 1. The molecule has 0 saturated carbocycles. The topological polar surface area (TPSA) is 74.3 Å². The van der Waals surface area contributed by atoms with Gasteiger partial charge in [0.15, 0.2) is 0 Å². The Hall–Kier alpha value is -1.66. The van der Waals surface area contributed by atoms with Crippen LogP contribution in [0, 0.1) is 17.8 Å². The van der Waals surface area contributed by atoms with Crippen LogP contribution in [0.4, 0.5) is 5.82 Å². The van der Waals surface area contributed by atoms with E-state index in [1.807, 2.05) is 4.90 Å². The number of carbonyl (C=O) groups is 2. The second-order valence-electron chi connectivity index (χ2n) is 7.77. The number of nitrogens with zero attached hydrogens (tertiary/aromatic N) is 2. The van der Waals surface area contributed by atoms with Crippen LogP contribution in [0.2, 0.25) is 5.02 Å². The van der Waals surface area contributed by atoms with E-state index in [1.54, 1.807) is 12.1 Å². The molecule has 2 N–H and O–H groups in total. The molecule has 2 saturated heterocycles. The third-order valence-corrected chi connectivity index (χ3v) is 6.11. The van der Waals surface area contributed by atoms with Crippen molar-refractivity contribution in [3.8, 4) is 0 Å². The van der Waals surface area contributed by atoms with Crippen LogP contribution in [0.25, 0.3) is 0 Å². The number of amides is 2. The molecule has 6 nitrogen and oxygen atoms in total. The van der Waals surface area contributed by atoms with E-state index in [2.05, 4.69) is 22.5 Å². The van der Waals surface area contributed by atoms with Gasteiger partial charge in [-0.15, -0.1) is 0 Å². The number of likely N-dealkylation sites (tertiary alicyclic amines) is 1.